The van der Waals surface area contributed by atoms with Gasteiger partial charge >= 0.3 is 27.4 Å². The molecule has 0 amide bonds. The number of fused-ring (bicyclic) bond motifs is 2. The Morgan fingerprint density at radius 1 is 0.608 bits per heavy atom. The van der Waals surface area contributed by atoms with Crippen LogP contribution in [-0.4, -0.2) is 103 Å². The van der Waals surface area contributed by atoms with Gasteiger partial charge in [-0.15, -0.1) is 0 Å². The van der Waals surface area contributed by atoms with Crippen LogP contribution in [0.3, 0.4) is 0 Å². The Kier molecular flexibility index (Phi) is 18.1. The molecule has 2 unspecified atom stereocenters. The number of nitrogen functional groups attached to an aromatic ring is 2. The van der Waals surface area contributed by atoms with Crippen LogP contribution in [0.15, 0.2) is 97.6 Å². The number of allylic oxidation sites excluding steroid dienone is 2. The number of carbonyl (C=O) groups excluding carboxylic acids is 2. The largest absolute Gasteiger partial charge is 0.479 e. The summed E-state index contributed by atoms with van der Waals surface area (Å²) in [5, 5.41) is 5.41. The highest BCUT2D eigenvalue weighted by Crippen LogP contribution is 2.48. The summed E-state index contributed by atoms with van der Waals surface area (Å²) in [5.74, 6) is 0.187. The second-order valence-electron chi connectivity index (χ2n) is 17.8. The van der Waals surface area contributed by atoms with Crippen molar-refractivity contribution in [2.45, 2.75) is 90.8 Å². The molecule has 24 nitrogen and oxygen atoms in total. The first-order chi connectivity index (χ1) is 35.3. The lowest BCUT2D eigenvalue weighted by Gasteiger charge is -2.24. The molecule has 74 heavy (non-hydrogen) atoms. The molecule has 4 heterocycles. The lowest BCUT2D eigenvalue weighted by molar-refractivity contribution is -0.150. The summed E-state index contributed by atoms with van der Waals surface area (Å²) in [6.45, 7) is 10.2. The number of imidazole rings is 2. The lowest BCUT2D eigenvalue weighted by atomic mass is 10.1. The predicted octanol–water partition coefficient (Wildman–Crippen LogP) is 7.34. The van der Waals surface area contributed by atoms with Crippen LogP contribution in [-0.2, 0) is 37.2 Å². The maximum absolute atomic E-state index is 13.7. The van der Waals surface area contributed by atoms with Crippen LogP contribution in [0.2, 0.25) is 0 Å². The Hall–Kier alpha value is -6.94. The van der Waals surface area contributed by atoms with E-state index in [1.165, 1.54) is 14.2 Å². The number of nitrogens with zero attached hydrogens (tertiary/aromatic N) is 8. The van der Waals surface area contributed by atoms with Crippen LogP contribution in [0, 0.1) is 11.8 Å². The highest BCUT2D eigenvalue weighted by molar-refractivity contribution is 7.52. The Bertz CT molecular complexity index is 2830. The number of aromatic nitrogens is 8. The molecule has 396 valence electrons. The van der Waals surface area contributed by atoms with Gasteiger partial charge in [-0.2, -0.15) is 30.1 Å². The Labute approximate surface area is 427 Å². The van der Waals surface area contributed by atoms with Crippen molar-refractivity contribution in [3.05, 3.63) is 97.6 Å². The van der Waals surface area contributed by atoms with Crippen LogP contribution in [0.5, 0.6) is 23.3 Å². The first kappa shape index (κ1) is 54.8. The molecule has 0 saturated heterocycles. The fourth-order valence-electron chi connectivity index (χ4n) is 7.81. The van der Waals surface area contributed by atoms with E-state index in [0.717, 1.165) is 0 Å². The smallest absolute Gasteiger partial charge is 0.459 e. The Morgan fingerprint density at radius 2 is 0.986 bits per heavy atom. The number of benzene rings is 2. The lowest BCUT2D eigenvalue weighted by Crippen LogP contribution is -2.36. The zero-order valence-electron chi connectivity index (χ0n) is 42.2. The van der Waals surface area contributed by atoms with Crippen molar-refractivity contribution < 1.29 is 55.8 Å². The molecule has 4 aromatic heterocycles. The van der Waals surface area contributed by atoms with E-state index in [-0.39, 0.29) is 61.2 Å². The summed E-state index contributed by atoms with van der Waals surface area (Å²) >= 11 is 0. The minimum atomic E-state index is -3.94. The van der Waals surface area contributed by atoms with Crippen LogP contribution >= 0.6 is 15.5 Å². The molecule has 0 fully saturated rings. The molecule has 26 heteroatoms. The van der Waals surface area contributed by atoms with Gasteiger partial charge < -0.3 is 48.6 Å². The number of nitrogens with two attached hydrogens (primary N) is 2. The summed E-state index contributed by atoms with van der Waals surface area (Å²) in [4.78, 5) is 50.2. The quantitative estimate of drug-likeness (QED) is 0.0294. The first-order valence-corrected chi connectivity index (χ1v) is 26.8. The van der Waals surface area contributed by atoms with E-state index in [2.05, 4.69) is 40.1 Å². The van der Waals surface area contributed by atoms with Crippen molar-refractivity contribution in [3.8, 4) is 23.3 Å². The zero-order valence-corrected chi connectivity index (χ0v) is 44.0. The van der Waals surface area contributed by atoms with Crippen LogP contribution < -0.4 is 40.2 Å². The number of esters is 2. The fourth-order valence-corrected chi connectivity index (χ4v) is 10.9. The molecule has 0 aliphatic heterocycles. The third-order valence-electron chi connectivity index (χ3n) is 11.2. The Morgan fingerprint density at radius 3 is 1.34 bits per heavy atom. The second-order valence-corrected chi connectivity index (χ2v) is 21.2. The van der Waals surface area contributed by atoms with Gasteiger partial charge in [0.15, 0.2) is 22.3 Å². The van der Waals surface area contributed by atoms with Gasteiger partial charge in [0.1, 0.15) is 23.6 Å². The van der Waals surface area contributed by atoms with Gasteiger partial charge in [-0.1, -0.05) is 60.7 Å². The van der Waals surface area contributed by atoms with E-state index in [4.69, 9.17) is 48.5 Å². The third kappa shape index (κ3) is 14.2. The maximum Gasteiger partial charge on any atom is 0.459 e. The normalized spacial score (nSPS) is 19.6. The highest BCUT2D eigenvalue weighted by atomic mass is 31.2. The summed E-state index contributed by atoms with van der Waals surface area (Å²) in [6, 6.07) is 15.3. The number of hydrogen-bond acceptors (Lipinski definition) is 20. The van der Waals surface area contributed by atoms with Crippen molar-refractivity contribution in [3.63, 3.8) is 0 Å². The minimum absolute atomic E-state index is 0.0834. The predicted molar refractivity (Wildman–Crippen MR) is 274 cm³/mol. The van der Waals surface area contributed by atoms with E-state index in [1.54, 1.807) is 103 Å². The van der Waals surface area contributed by atoms with Gasteiger partial charge in [0, 0.05) is 11.8 Å². The van der Waals surface area contributed by atoms with E-state index >= 15 is 0 Å². The van der Waals surface area contributed by atoms with Crippen LogP contribution in [0.25, 0.3) is 22.3 Å². The number of nitrogens with one attached hydrogen (secondary N) is 2. The highest BCUT2D eigenvalue weighted by Gasteiger charge is 2.36. The van der Waals surface area contributed by atoms with Crippen molar-refractivity contribution in [1.29, 1.82) is 0 Å². The number of ether oxygens (including phenoxy) is 4. The van der Waals surface area contributed by atoms with Gasteiger partial charge in [0.25, 0.3) is 0 Å². The molecule has 2 aliphatic carbocycles. The van der Waals surface area contributed by atoms with E-state index in [0.29, 0.717) is 58.4 Å². The average Bonchev–Trinajstić information content (AvgIpc) is 4.20. The van der Waals surface area contributed by atoms with Gasteiger partial charge in [-0.3, -0.25) is 18.6 Å². The van der Waals surface area contributed by atoms with Crippen molar-refractivity contribution in [1.82, 2.24) is 49.2 Å². The van der Waals surface area contributed by atoms with E-state index < -0.39 is 39.5 Å². The summed E-state index contributed by atoms with van der Waals surface area (Å²) in [5.41, 5.74) is 13.8. The standard InChI is InChI=1S/2C24H31N6O6P/c2*1-15(2)35-23(31)16(3)29-37(32,36-19-8-6-5-7-9-19)34-13-17-10-11-18(12-17)30-14-26-20-21(30)27-24(25)28-22(20)33-4/h2*5-11,14-18H,12-13H2,1-4H3,(H,29,32)(H2,25,27,28)/t2*16-,17+,18-,37?/m00/s1. The zero-order chi connectivity index (χ0) is 53.2. The molecule has 2 aliphatic rings. The Balaban J connectivity index is 0.000000216. The molecule has 6 aromatic rings. The van der Waals surface area contributed by atoms with Crippen molar-refractivity contribution in [2.75, 3.05) is 38.9 Å². The van der Waals surface area contributed by atoms with Crippen molar-refractivity contribution in [2.24, 2.45) is 11.8 Å². The molecular formula is C48H62N12O12P2. The molecule has 0 saturated carbocycles. The molecule has 6 N–H and O–H groups in total. The van der Waals surface area contributed by atoms with Gasteiger partial charge in [-0.05, 0) is 78.6 Å². The first-order valence-electron chi connectivity index (χ1n) is 23.7. The second kappa shape index (κ2) is 24.4. The van der Waals surface area contributed by atoms with Crippen molar-refractivity contribution >= 4 is 61.7 Å². The van der Waals surface area contributed by atoms with Gasteiger partial charge in [-0.25, -0.2) is 19.1 Å². The maximum atomic E-state index is 13.7. The van der Waals surface area contributed by atoms with E-state index in [9.17, 15) is 18.7 Å². The van der Waals surface area contributed by atoms with Gasteiger partial charge in [0.05, 0.1) is 64.4 Å². The van der Waals surface area contributed by atoms with E-state index in [1.807, 2.05) is 45.6 Å². The summed E-state index contributed by atoms with van der Waals surface area (Å²) < 4.78 is 75.2. The minimum Gasteiger partial charge on any atom is -0.479 e. The number of anilines is 2. The monoisotopic (exact) mass is 1060 g/mol. The fraction of sp³-hybridized carbons (Fsp3) is 0.417. The van der Waals surface area contributed by atoms with Gasteiger partial charge in [0.2, 0.25) is 23.7 Å². The molecule has 8 rings (SSSR count). The molecular weight excluding hydrogens is 999 g/mol. The number of hydrogen-bond donors (Lipinski definition) is 4. The SMILES string of the molecule is COc1nc(N)nc2c1ncn2[C@H]1C=C[C@@H](COP(=O)(N[C@@H](C)C(=O)OC(C)C)Oc2ccccc2)C1.COc1nc(N)nc2c1ncn2[C@H]1C=C[C@@H](COP(=O)(N[C@@H](C)C(=O)OC(C)C)Oc2ccccc2)C1. The molecule has 0 radical (unpaired) electrons. The number of carbonyl (C=O) groups is 2. The average molecular weight is 1060 g/mol. The van der Waals surface area contributed by atoms with Crippen LogP contribution in [0.1, 0.15) is 66.5 Å². The topological polar surface area (TPSA) is 305 Å². The number of methoxy groups -OCH3 is 2. The molecule has 0 bridgehead atoms. The molecule has 0 spiro atoms. The third-order valence-corrected chi connectivity index (χ3v) is 14.5. The molecule has 8 atom stereocenters. The molecule has 2 aromatic carbocycles. The number of para-hydroxylation sites is 2. The summed E-state index contributed by atoms with van der Waals surface area (Å²) in [6.07, 6.45) is 11.9. The number of rotatable bonds is 22. The summed E-state index contributed by atoms with van der Waals surface area (Å²) in [7, 11) is -4.89. The van der Waals surface area contributed by atoms with Crippen LogP contribution in [0.4, 0.5) is 11.9 Å².